The fourth-order valence-electron chi connectivity index (χ4n) is 2.79. The van der Waals surface area contributed by atoms with E-state index in [0.717, 1.165) is 19.3 Å². The van der Waals surface area contributed by atoms with E-state index in [1.807, 2.05) is 0 Å². The first-order valence-electron chi connectivity index (χ1n) is 7.02. The number of aryl methyl sites for hydroxylation is 1. The summed E-state index contributed by atoms with van der Waals surface area (Å²) in [5.41, 5.74) is 5.48. The van der Waals surface area contributed by atoms with Crippen molar-refractivity contribution in [2.24, 2.45) is 4.99 Å². The SMILES string of the molecule is C[C@H]1Cc2ccccc2C(CCc2ccccc2)=N1. The first-order valence-corrected chi connectivity index (χ1v) is 7.02. The van der Waals surface area contributed by atoms with E-state index >= 15 is 0 Å². The highest BCUT2D eigenvalue weighted by Crippen LogP contribution is 2.22. The molecule has 1 aliphatic heterocycles. The van der Waals surface area contributed by atoms with Crippen molar-refractivity contribution in [3.05, 3.63) is 71.3 Å². The van der Waals surface area contributed by atoms with Crippen molar-refractivity contribution in [2.45, 2.75) is 32.2 Å². The Balaban J connectivity index is 1.80. The Labute approximate surface area is 115 Å². The number of fused-ring (bicyclic) bond motifs is 1. The van der Waals surface area contributed by atoms with Gasteiger partial charge in [-0.25, -0.2) is 0 Å². The molecule has 0 bridgehead atoms. The minimum absolute atomic E-state index is 0.417. The summed E-state index contributed by atoms with van der Waals surface area (Å²) in [4.78, 5) is 4.86. The van der Waals surface area contributed by atoms with Crippen LogP contribution >= 0.6 is 0 Å². The highest BCUT2D eigenvalue weighted by Gasteiger charge is 2.17. The Morgan fingerprint density at radius 1 is 0.947 bits per heavy atom. The van der Waals surface area contributed by atoms with Gasteiger partial charge in [-0.1, -0.05) is 54.6 Å². The second-order valence-corrected chi connectivity index (χ2v) is 5.27. The molecule has 2 aromatic rings. The zero-order chi connectivity index (χ0) is 13.1. The topological polar surface area (TPSA) is 12.4 Å². The monoisotopic (exact) mass is 249 g/mol. The van der Waals surface area contributed by atoms with Gasteiger partial charge in [0.25, 0.3) is 0 Å². The lowest BCUT2D eigenvalue weighted by Crippen LogP contribution is -2.19. The van der Waals surface area contributed by atoms with Crippen LogP contribution in [0.1, 0.15) is 30.0 Å². The largest absolute Gasteiger partial charge is 0.286 e. The van der Waals surface area contributed by atoms with Gasteiger partial charge in [0.05, 0.1) is 6.04 Å². The number of aliphatic imine (C=N–C) groups is 1. The molecule has 2 aromatic carbocycles. The van der Waals surface area contributed by atoms with Gasteiger partial charge >= 0.3 is 0 Å². The lowest BCUT2D eigenvalue weighted by atomic mass is 9.91. The second-order valence-electron chi connectivity index (χ2n) is 5.27. The third-order valence-electron chi connectivity index (χ3n) is 3.71. The summed E-state index contributed by atoms with van der Waals surface area (Å²) in [5.74, 6) is 0. The quantitative estimate of drug-likeness (QED) is 0.778. The van der Waals surface area contributed by atoms with Gasteiger partial charge in [0.2, 0.25) is 0 Å². The van der Waals surface area contributed by atoms with Gasteiger partial charge in [-0.05, 0) is 42.9 Å². The molecular formula is C18H19N. The smallest absolute Gasteiger partial charge is 0.0515 e. The molecule has 1 heteroatoms. The molecule has 0 N–H and O–H groups in total. The number of nitrogens with zero attached hydrogens (tertiary/aromatic N) is 1. The summed E-state index contributed by atoms with van der Waals surface area (Å²) in [5, 5.41) is 0. The van der Waals surface area contributed by atoms with Crippen LogP contribution in [-0.4, -0.2) is 11.8 Å². The predicted molar refractivity (Wildman–Crippen MR) is 80.9 cm³/mol. The lowest BCUT2D eigenvalue weighted by Gasteiger charge is -2.21. The molecule has 1 atom stereocenters. The minimum Gasteiger partial charge on any atom is -0.286 e. The second kappa shape index (κ2) is 5.40. The first-order chi connectivity index (χ1) is 9.33. The Morgan fingerprint density at radius 3 is 2.53 bits per heavy atom. The van der Waals surface area contributed by atoms with Crippen molar-refractivity contribution < 1.29 is 0 Å². The van der Waals surface area contributed by atoms with Crippen LogP contribution in [0.5, 0.6) is 0 Å². The van der Waals surface area contributed by atoms with E-state index in [-0.39, 0.29) is 0 Å². The maximum Gasteiger partial charge on any atom is 0.0515 e. The van der Waals surface area contributed by atoms with Crippen LogP contribution in [0.25, 0.3) is 0 Å². The van der Waals surface area contributed by atoms with Crippen molar-refractivity contribution in [3.8, 4) is 0 Å². The van der Waals surface area contributed by atoms with Crippen molar-refractivity contribution in [3.63, 3.8) is 0 Å². The maximum absolute atomic E-state index is 4.86. The van der Waals surface area contributed by atoms with Crippen LogP contribution in [0.4, 0.5) is 0 Å². The van der Waals surface area contributed by atoms with E-state index in [2.05, 4.69) is 61.5 Å². The summed E-state index contributed by atoms with van der Waals surface area (Å²) in [6.45, 7) is 2.21. The van der Waals surface area contributed by atoms with Gasteiger partial charge in [-0.15, -0.1) is 0 Å². The van der Waals surface area contributed by atoms with Gasteiger partial charge in [-0.3, -0.25) is 4.99 Å². The van der Waals surface area contributed by atoms with E-state index in [9.17, 15) is 0 Å². The summed E-state index contributed by atoms with van der Waals surface area (Å²) in [6, 6.07) is 19.8. The molecule has 0 saturated heterocycles. The summed E-state index contributed by atoms with van der Waals surface area (Å²) in [7, 11) is 0. The average molecular weight is 249 g/mol. The zero-order valence-corrected chi connectivity index (χ0v) is 11.3. The molecule has 1 nitrogen and oxygen atoms in total. The zero-order valence-electron chi connectivity index (χ0n) is 11.3. The van der Waals surface area contributed by atoms with E-state index in [1.165, 1.54) is 22.4 Å². The van der Waals surface area contributed by atoms with Gasteiger partial charge in [-0.2, -0.15) is 0 Å². The van der Waals surface area contributed by atoms with Gasteiger partial charge < -0.3 is 0 Å². The van der Waals surface area contributed by atoms with E-state index < -0.39 is 0 Å². The standard InChI is InChI=1S/C18H19N/c1-14-13-16-9-5-6-10-17(16)18(19-14)12-11-15-7-3-2-4-8-15/h2-10,14H,11-13H2,1H3/t14-/m0/s1. The molecule has 0 fully saturated rings. The molecule has 0 unspecified atom stereocenters. The Bertz CT molecular complexity index is 584. The molecule has 0 spiro atoms. The molecule has 0 aromatic heterocycles. The predicted octanol–water partition coefficient (Wildman–Crippen LogP) is 4.05. The molecule has 1 aliphatic rings. The fraction of sp³-hybridized carbons (Fsp3) is 0.278. The number of rotatable bonds is 3. The summed E-state index contributed by atoms with van der Waals surface area (Å²) < 4.78 is 0. The molecule has 3 rings (SSSR count). The van der Waals surface area contributed by atoms with Crippen molar-refractivity contribution in [1.82, 2.24) is 0 Å². The van der Waals surface area contributed by atoms with Crippen LogP contribution in [-0.2, 0) is 12.8 Å². The van der Waals surface area contributed by atoms with Gasteiger partial charge in [0.1, 0.15) is 0 Å². The van der Waals surface area contributed by atoms with Gasteiger partial charge in [0, 0.05) is 5.71 Å². The molecule has 0 aliphatic carbocycles. The van der Waals surface area contributed by atoms with Crippen LogP contribution in [0.3, 0.4) is 0 Å². The fourth-order valence-corrected chi connectivity index (χ4v) is 2.79. The highest BCUT2D eigenvalue weighted by molar-refractivity contribution is 6.02. The van der Waals surface area contributed by atoms with E-state index in [4.69, 9.17) is 4.99 Å². The molecule has 1 heterocycles. The molecule has 0 radical (unpaired) electrons. The van der Waals surface area contributed by atoms with Crippen LogP contribution in [0.2, 0.25) is 0 Å². The number of benzene rings is 2. The van der Waals surface area contributed by atoms with E-state index in [0.29, 0.717) is 6.04 Å². The summed E-state index contributed by atoms with van der Waals surface area (Å²) >= 11 is 0. The summed E-state index contributed by atoms with van der Waals surface area (Å²) in [6.07, 6.45) is 3.18. The molecular weight excluding hydrogens is 230 g/mol. The third kappa shape index (κ3) is 2.76. The highest BCUT2D eigenvalue weighted by atomic mass is 14.8. The van der Waals surface area contributed by atoms with Crippen LogP contribution in [0, 0.1) is 0 Å². The van der Waals surface area contributed by atoms with Crippen molar-refractivity contribution in [2.75, 3.05) is 0 Å². The number of hydrogen-bond acceptors (Lipinski definition) is 1. The first kappa shape index (κ1) is 12.2. The maximum atomic E-state index is 4.86. The van der Waals surface area contributed by atoms with Crippen molar-refractivity contribution in [1.29, 1.82) is 0 Å². The van der Waals surface area contributed by atoms with Crippen LogP contribution in [0.15, 0.2) is 59.6 Å². The minimum atomic E-state index is 0.417. The Morgan fingerprint density at radius 2 is 1.68 bits per heavy atom. The van der Waals surface area contributed by atoms with E-state index in [1.54, 1.807) is 0 Å². The van der Waals surface area contributed by atoms with Crippen LogP contribution < -0.4 is 0 Å². The Hall–Kier alpha value is -1.89. The lowest BCUT2D eigenvalue weighted by molar-refractivity contribution is 0.721. The van der Waals surface area contributed by atoms with Gasteiger partial charge in [0.15, 0.2) is 0 Å². The van der Waals surface area contributed by atoms with Crippen molar-refractivity contribution >= 4 is 5.71 Å². The molecule has 0 amide bonds. The molecule has 96 valence electrons. The Kier molecular flexibility index (Phi) is 3.45. The molecule has 0 saturated carbocycles. The number of hydrogen-bond donors (Lipinski definition) is 0. The third-order valence-corrected chi connectivity index (χ3v) is 3.71. The molecule has 19 heavy (non-hydrogen) atoms. The average Bonchev–Trinajstić information content (AvgIpc) is 2.45. The normalized spacial score (nSPS) is 17.7.